The highest BCUT2D eigenvalue weighted by molar-refractivity contribution is 5.96. The molecule has 3 N–H and O–H groups in total. The van der Waals surface area contributed by atoms with E-state index in [2.05, 4.69) is 10.1 Å². The third kappa shape index (κ3) is 2.88. The molecule has 20 heavy (non-hydrogen) atoms. The van der Waals surface area contributed by atoms with E-state index in [1.165, 1.54) is 19.2 Å². The maximum Gasteiger partial charge on any atom is 0.340 e. The van der Waals surface area contributed by atoms with Crippen LogP contribution in [0.5, 0.6) is 0 Å². The fraction of sp³-hybridized carbons (Fsp3) is 0.133. The third-order valence-electron chi connectivity index (χ3n) is 2.94. The van der Waals surface area contributed by atoms with Crippen molar-refractivity contribution in [1.29, 1.82) is 0 Å². The summed E-state index contributed by atoms with van der Waals surface area (Å²) in [5.74, 6) is -0.844. The summed E-state index contributed by atoms with van der Waals surface area (Å²) < 4.78 is 17.9. The van der Waals surface area contributed by atoms with Gasteiger partial charge in [0, 0.05) is 17.1 Å². The summed E-state index contributed by atoms with van der Waals surface area (Å²) in [5.41, 5.74) is 8.48. The Morgan fingerprint density at radius 2 is 2.00 bits per heavy atom. The van der Waals surface area contributed by atoms with Crippen molar-refractivity contribution in [3.05, 3.63) is 53.3 Å². The summed E-state index contributed by atoms with van der Waals surface area (Å²) in [6.45, 7) is 1.86. The summed E-state index contributed by atoms with van der Waals surface area (Å²) in [7, 11) is 1.29. The van der Waals surface area contributed by atoms with Crippen LogP contribution < -0.4 is 11.1 Å². The second-order valence-corrected chi connectivity index (χ2v) is 4.38. The zero-order chi connectivity index (χ0) is 14.7. The first-order chi connectivity index (χ1) is 9.51. The zero-order valence-corrected chi connectivity index (χ0v) is 11.2. The summed E-state index contributed by atoms with van der Waals surface area (Å²) in [6.07, 6.45) is 0. The molecule has 0 heterocycles. The van der Waals surface area contributed by atoms with Crippen LogP contribution in [0.2, 0.25) is 0 Å². The minimum absolute atomic E-state index is 0.270. The molecule has 5 heteroatoms. The van der Waals surface area contributed by atoms with E-state index in [9.17, 15) is 9.18 Å². The van der Waals surface area contributed by atoms with Crippen LogP contribution in [0.4, 0.5) is 21.5 Å². The molecule has 0 aromatic heterocycles. The van der Waals surface area contributed by atoms with Gasteiger partial charge in [0.05, 0.1) is 12.7 Å². The number of nitrogen functional groups attached to an aromatic ring is 1. The van der Waals surface area contributed by atoms with Gasteiger partial charge >= 0.3 is 5.97 Å². The van der Waals surface area contributed by atoms with Gasteiger partial charge in [0.2, 0.25) is 0 Å². The normalized spacial score (nSPS) is 10.2. The first-order valence-electron chi connectivity index (χ1n) is 6.02. The monoisotopic (exact) mass is 274 g/mol. The first-order valence-corrected chi connectivity index (χ1v) is 6.02. The van der Waals surface area contributed by atoms with Gasteiger partial charge < -0.3 is 15.8 Å². The molecular weight excluding hydrogens is 259 g/mol. The van der Waals surface area contributed by atoms with Crippen LogP contribution in [-0.4, -0.2) is 13.1 Å². The molecule has 0 aliphatic heterocycles. The van der Waals surface area contributed by atoms with Gasteiger partial charge in [0.15, 0.2) is 0 Å². The van der Waals surface area contributed by atoms with Crippen LogP contribution >= 0.6 is 0 Å². The number of hydrogen-bond acceptors (Lipinski definition) is 4. The topological polar surface area (TPSA) is 64.3 Å². The first kappa shape index (κ1) is 13.9. The number of carbonyl (C=O) groups is 1. The Morgan fingerprint density at radius 3 is 2.70 bits per heavy atom. The molecule has 2 rings (SSSR count). The molecule has 0 amide bonds. The molecule has 0 unspecified atom stereocenters. The van der Waals surface area contributed by atoms with Gasteiger partial charge in [-0.3, -0.25) is 0 Å². The number of nitrogens with two attached hydrogens (primary N) is 1. The van der Waals surface area contributed by atoms with Crippen LogP contribution in [0.1, 0.15) is 15.9 Å². The van der Waals surface area contributed by atoms with Crippen LogP contribution in [0.15, 0.2) is 36.4 Å². The molecule has 0 atom stereocenters. The van der Waals surface area contributed by atoms with Crippen molar-refractivity contribution in [1.82, 2.24) is 0 Å². The van der Waals surface area contributed by atoms with E-state index in [0.717, 1.165) is 5.56 Å². The lowest BCUT2D eigenvalue weighted by molar-refractivity contribution is 0.0602. The largest absolute Gasteiger partial charge is 0.465 e. The van der Waals surface area contributed by atoms with Crippen molar-refractivity contribution in [3.8, 4) is 0 Å². The molecule has 0 spiro atoms. The standard InChI is InChI=1S/C15H15FN2O2/c1-9-3-4-10(16)7-14(9)18-11-5-6-13(17)12(8-11)15(19)20-2/h3-8,18H,17H2,1-2H3. The third-order valence-corrected chi connectivity index (χ3v) is 2.94. The SMILES string of the molecule is COC(=O)c1cc(Nc2cc(F)ccc2C)ccc1N. The van der Waals surface area contributed by atoms with Crippen molar-refractivity contribution >= 4 is 23.0 Å². The second-order valence-electron chi connectivity index (χ2n) is 4.38. The predicted octanol–water partition coefficient (Wildman–Crippen LogP) is 3.25. The van der Waals surface area contributed by atoms with E-state index in [1.54, 1.807) is 24.3 Å². The Hall–Kier alpha value is -2.56. The van der Waals surface area contributed by atoms with Gasteiger partial charge in [-0.05, 0) is 42.8 Å². The minimum atomic E-state index is -0.512. The van der Waals surface area contributed by atoms with Gasteiger partial charge in [0.25, 0.3) is 0 Å². The maximum atomic E-state index is 13.2. The average Bonchev–Trinajstić information content (AvgIpc) is 2.44. The quantitative estimate of drug-likeness (QED) is 0.666. The molecule has 0 bridgehead atoms. The molecule has 0 radical (unpaired) electrons. The van der Waals surface area contributed by atoms with E-state index in [0.29, 0.717) is 17.1 Å². The van der Waals surface area contributed by atoms with Crippen LogP contribution in [-0.2, 0) is 4.74 Å². The van der Waals surface area contributed by atoms with Gasteiger partial charge in [0.1, 0.15) is 5.82 Å². The number of ether oxygens (including phenoxy) is 1. The number of halogens is 1. The number of methoxy groups -OCH3 is 1. The number of hydrogen-bond donors (Lipinski definition) is 2. The number of esters is 1. The number of benzene rings is 2. The van der Waals surface area contributed by atoms with Crippen molar-refractivity contribution in [2.45, 2.75) is 6.92 Å². The lowest BCUT2D eigenvalue weighted by Gasteiger charge is -2.12. The zero-order valence-electron chi connectivity index (χ0n) is 11.2. The fourth-order valence-electron chi connectivity index (χ4n) is 1.81. The summed E-state index contributed by atoms with van der Waals surface area (Å²) >= 11 is 0. The molecule has 0 aliphatic rings. The van der Waals surface area contributed by atoms with Gasteiger partial charge in [-0.15, -0.1) is 0 Å². The summed E-state index contributed by atoms with van der Waals surface area (Å²) in [6, 6.07) is 9.35. The highest BCUT2D eigenvalue weighted by atomic mass is 19.1. The van der Waals surface area contributed by atoms with Crippen molar-refractivity contribution in [2.24, 2.45) is 0 Å². The second kappa shape index (κ2) is 5.61. The van der Waals surface area contributed by atoms with E-state index in [1.807, 2.05) is 6.92 Å². The molecule has 0 aliphatic carbocycles. The van der Waals surface area contributed by atoms with Crippen LogP contribution in [0.25, 0.3) is 0 Å². The van der Waals surface area contributed by atoms with Crippen molar-refractivity contribution in [3.63, 3.8) is 0 Å². The van der Waals surface area contributed by atoms with Crippen molar-refractivity contribution < 1.29 is 13.9 Å². The molecule has 0 saturated carbocycles. The number of aryl methyl sites for hydroxylation is 1. The van der Waals surface area contributed by atoms with E-state index in [4.69, 9.17) is 5.73 Å². The maximum absolute atomic E-state index is 13.2. The number of carbonyl (C=O) groups excluding carboxylic acids is 1. The highest BCUT2D eigenvalue weighted by Crippen LogP contribution is 2.24. The lowest BCUT2D eigenvalue weighted by atomic mass is 10.1. The minimum Gasteiger partial charge on any atom is -0.465 e. The van der Waals surface area contributed by atoms with E-state index < -0.39 is 5.97 Å². The number of nitrogens with one attached hydrogen (secondary N) is 1. The highest BCUT2D eigenvalue weighted by Gasteiger charge is 2.11. The number of anilines is 3. The molecule has 0 saturated heterocycles. The molecule has 104 valence electrons. The Morgan fingerprint density at radius 1 is 1.25 bits per heavy atom. The van der Waals surface area contributed by atoms with Gasteiger partial charge in [-0.1, -0.05) is 6.07 Å². The van der Waals surface area contributed by atoms with Crippen LogP contribution in [0, 0.1) is 12.7 Å². The Balaban J connectivity index is 2.34. The average molecular weight is 274 g/mol. The van der Waals surface area contributed by atoms with Gasteiger partial charge in [-0.25, -0.2) is 9.18 Å². The lowest BCUT2D eigenvalue weighted by Crippen LogP contribution is -2.06. The Bertz CT molecular complexity index is 656. The summed E-state index contributed by atoms with van der Waals surface area (Å²) in [5, 5.41) is 3.06. The van der Waals surface area contributed by atoms with E-state index in [-0.39, 0.29) is 11.4 Å². The smallest absolute Gasteiger partial charge is 0.340 e. The van der Waals surface area contributed by atoms with Gasteiger partial charge in [-0.2, -0.15) is 0 Å². The summed E-state index contributed by atoms with van der Waals surface area (Å²) in [4.78, 5) is 11.6. The van der Waals surface area contributed by atoms with Crippen LogP contribution in [0.3, 0.4) is 0 Å². The van der Waals surface area contributed by atoms with Crippen molar-refractivity contribution in [2.75, 3.05) is 18.2 Å². The number of rotatable bonds is 3. The fourth-order valence-corrected chi connectivity index (χ4v) is 1.81. The predicted molar refractivity (Wildman–Crippen MR) is 76.6 cm³/mol. The van der Waals surface area contributed by atoms with E-state index >= 15 is 0 Å². The molecule has 2 aromatic carbocycles. The Kier molecular flexibility index (Phi) is 3.89. The molecule has 4 nitrogen and oxygen atoms in total. The molecule has 2 aromatic rings. The molecule has 0 fully saturated rings. The Labute approximate surface area is 116 Å². The molecular formula is C15H15FN2O2.